The number of nitrogens with one attached hydrogen (secondary N) is 1. The van der Waals surface area contributed by atoms with E-state index in [4.69, 9.17) is 4.74 Å². The van der Waals surface area contributed by atoms with Crippen molar-refractivity contribution in [1.82, 2.24) is 5.32 Å². The summed E-state index contributed by atoms with van der Waals surface area (Å²) in [6.45, 7) is 7.61. The Morgan fingerprint density at radius 1 is 1.43 bits per heavy atom. The summed E-state index contributed by atoms with van der Waals surface area (Å²) in [6.07, 6.45) is 1.95. The van der Waals surface area contributed by atoms with Crippen LogP contribution in [0.25, 0.3) is 0 Å². The fourth-order valence-corrected chi connectivity index (χ4v) is 1.76. The zero-order valence-electron chi connectivity index (χ0n) is 9.33. The molecule has 0 spiro atoms. The van der Waals surface area contributed by atoms with Crippen LogP contribution in [-0.2, 0) is 4.74 Å². The van der Waals surface area contributed by atoms with E-state index in [-0.39, 0.29) is 6.10 Å². The van der Waals surface area contributed by atoms with Gasteiger partial charge in [0.25, 0.3) is 0 Å². The van der Waals surface area contributed by atoms with Gasteiger partial charge in [0.05, 0.1) is 12.7 Å². The Kier molecular flexibility index (Phi) is 5.45. The van der Waals surface area contributed by atoms with Crippen LogP contribution in [0.4, 0.5) is 0 Å². The molecule has 0 aliphatic carbocycles. The van der Waals surface area contributed by atoms with E-state index in [1.807, 2.05) is 0 Å². The first-order valence-corrected chi connectivity index (χ1v) is 5.66. The highest BCUT2D eigenvalue weighted by Gasteiger charge is 2.21. The number of rotatable bonds is 5. The van der Waals surface area contributed by atoms with Gasteiger partial charge < -0.3 is 15.2 Å². The van der Waals surface area contributed by atoms with Crippen molar-refractivity contribution in [3.05, 3.63) is 0 Å². The van der Waals surface area contributed by atoms with Crippen LogP contribution in [0.2, 0.25) is 0 Å². The monoisotopic (exact) mass is 201 g/mol. The van der Waals surface area contributed by atoms with Crippen molar-refractivity contribution >= 4 is 0 Å². The van der Waals surface area contributed by atoms with Crippen LogP contribution in [0.3, 0.4) is 0 Å². The average molecular weight is 201 g/mol. The van der Waals surface area contributed by atoms with Crippen molar-refractivity contribution < 1.29 is 9.84 Å². The Morgan fingerprint density at radius 3 is 2.79 bits per heavy atom. The van der Waals surface area contributed by atoms with E-state index in [2.05, 4.69) is 19.2 Å². The summed E-state index contributed by atoms with van der Waals surface area (Å²) < 4.78 is 5.34. The summed E-state index contributed by atoms with van der Waals surface area (Å²) >= 11 is 0. The molecule has 1 saturated heterocycles. The molecular weight excluding hydrogens is 178 g/mol. The summed E-state index contributed by atoms with van der Waals surface area (Å²) in [7, 11) is 0. The lowest BCUT2D eigenvalue weighted by Crippen LogP contribution is -2.38. The summed E-state index contributed by atoms with van der Waals surface area (Å²) in [5.74, 6) is 0.980. The fourth-order valence-electron chi connectivity index (χ4n) is 1.76. The van der Waals surface area contributed by atoms with Crippen molar-refractivity contribution in [2.75, 3.05) is 26.3 Å². The molecule has 0 aromatic heterocycles. The summed E-state index contributed by atoms with van der Waals surface area (Å²) in [6, 6.07) is 0. The number of hydrogen-bond donors (Lipinski definition) is 2. The standard InChI is InChI=1S/C11H23NO2/c1-9(2)6-12-7-11(13)10-4-3-5-14-8-10/h9-13H,3-8H2,1-2H3. The molecule has 2 atom stereocenters. The van der Waals surface area contributed by atoms with E-state index in [1.165, 1.54) is 0 Å². The van der Waals surface area contributed by atoms with Crippen LogP contribution < -0.4 is 5.32 Å². The molecule has 1 aliphatic rings. The highest BCUT2D eigenvalue weighted by Crippen LogP contribution is 2.16. The Labute approximate surface area is 86.8 Å². The molecular formula is C11H23NO2. The minimum Gasteiger partial charge on any atom is -0.391 e. The van der Waals surface area contributed by atoms with Gasteiger partial charge in [-0.3, -0.25) is 0 Å². The number of ether oxygens (including phenoxy) is 1. The summed E-state index contributed by atoms with van der Waals surface area (Å²) in [5.41, 5.74) is 0. The first-order valence-electron chi connectivity index (χ1n) is 5.66. The minimum absolute atomic E-state index is 0.242. The molecule has 3 nitrogen and oxygen atoms in total. The van der Waals surface area contributed by atoms with E-state index >= 15 is 0 Å². The Bertz CT molecular complexity index is 144. The van der Waals surface area contributed by atoms with Gasteiger partial charge in [-0.2, -0.15) is 0 Å². The number of aliphatic hydroxyl groups excluding tert-OH is 1. The quantitative estimate of drug-likeness (QED) is 0.698. The lowest BCUT2D eigenvalue weighted by Gasteiger charge is -2.27. The zero-order valence-corrected chi connectivity index (χ0v) is 9.33. The van der Waals surface area contributed by atoms with E-state index in [0.717, 1.165) is 32.6 Å². The van der Waals surface area contributed by atoms with Crippen LogP contribution in [-0.4, -0.2) is 37.5 Å². The molecule has 2 N–H and O–H groups in total. The van der Waals surface area contributed by atoms with Gasteiger partial charge in [0.1, 0.15) is 0 Å². The van der Waals surface area contributed by atoms with Gasteiger partial charge in [-0.25, -0.2) is 0 Å². The topological polar surface area (TPSA) is 41.5 Å². The third-order valence-electron chi connectivity index (χ3n) is 2.65. The molecule has 0 saturated carbocycles. The molecule has 0 aromatic rings. The van der Waals surface area contributed by atoms with Gasteiger partial charge in [0, 0.05) is 19.1 Å². The van der Waals surface area contributed by atoms with Crippen molar-refractivity contribution in [1.29, 1.82) is 0 Å². The predicted molar refractivity (Wildman–Crippen MR) is 57.3 cm³/mol. The smallest absolute Gasteiger partial charge is 0.0714 e. The molecule has 1 rings (SSSR count). The van der Waals surface area contributed by atoms with Crippen LogP contribution in [0, 0.1) is 11.8 Å². The molecule has 1 aliphatic heterocycles. The first kappa shape index (κ1) is 12.0. The van der Waals surface area contributed by atoms with Gasteiger partial charge in [-0.05, 0) is 25.3 Å². The van der Waals surface area contributed by atoms with Crippen LogP contribution in [0.15, 0.2) is 0 Å². The van der Waals surface area contributed by atoms with Crippen molar-refractivity contribution in [3.63, 3.8) is 0 Å². The SMILES string of the molecule is CC(C)CNCC(O)C1CCCOC1. The molecule has 3 heteroatoms. The fraction of sp³-hybridized carbons (Fsp3) is 1.00. The van der Waals surface area contributed by atoms with Crippen LogP contribution in [0.5, 0.6) is 0 Å². The second kappa shape index (κ2) is 6.38. The summed E-state index contributed by atoms with van der Waals surface area (Å²) in [4.78, 5) is 0. The molecule has 14 heavy (non-hydrogen) atoms. The van der Waals surface area contributed by atoms with E-state index in [1.54, 1.807) is 0 Å². The molecule has 0 bridgehead atoms. The van der Waals surface area contributed by atoms with E-state index in [0.29, 0.717) is 18.4 Å². The van der Waals surface area contributed by atoms with Crippen molar-refractivity contribution in [2.45, 2.75) is 32.8 Å². The van der Waals surface area contributed by atoms with E-state index in [9.17, 15) is 5.11 Å². The maximum absolute atomic E-state index is 9.84. The number of aliphatic hydroxyl groups is 1. The number of hydrogen-bond acceptors (Lipinski definition) is 3. The molecule has 0 radical (unpaired) electrons. The summed E-state index contributed by atoms with van der Waals surface area (Å²) in [5, 5.41) is 13.1. The third kappa shape index (κ3) is 4.40. The minimum atomic E-state index is -0.242. The predicted octanol–water partition coefficient (Wildman–Crippen LogP) is 1.02. The average Bonchev–Trinajstić information content (AvgIpc) is 2.18. The second-order valence-corrected chi connectivity index (χ2v) is 4.60. The molecule has 1 fully saturated rings. The highest BCUT2D eigenvalue weighted by atomic mass is 16.5. The first-order chi connectivity index (χ1) is 6.70. The molecule has 0 aromatic carbocycles. The second-order valence-electron chi connectivity index (χ2n) is 4.60. The van der Waals surface area contributed by atoms with Gasteiger partial charge in [0.15, 0.2) is 0 Å². The zero-order chi connectivity index (χ0) is 10.4. The lowest BCUT2D eigenvalue weighted by molar-refractivity contribution is -0.00833. The van der Waals surface area contributed by atoms with Crippen molar-refractivity contribution in [2.24, 2.45) is 11.8 Å². The molecule has 0 amide bonds. The lowest BCUT2D eigenvalue weighted by atomic mass is 9.96. The highest BCUT2D eigenvalue weighted by molar-refractivity contribution is 4.73. The Morgan fingerprint density at radius 2 is 2.21 bits per heavy atom. The third-order valence-corrected chi connectivity index (χ3v) is 2.65. The van der Waals surface area contributed by atoms with Crippen molar-refractivity contribution in [3.8, 4) is 0 Å². The van der Waals surface area contributed by atoms with Gasteiger partial charge in [-0.15, -0.1) is 0 Å². The normalized spacial score (nSPS) is 25.3. The van der Waals surface area contributed by atoms with Gasteiger partial charge >= 0.3 is 0 Å². The molecule has 84 valence electrons. The largest absolute Gasteiger partial charge is 0.391 e. The van der Waals surface area contributed by atoms with Gasteiger partial charge in [-0.1, -0.05) is 13.8 Å². The maximum atomic E-state index is 9.84. The van der Waals surface area contributed by atoms with E-state index < -0.39 is 0 Å². The van der Waals surface area contributed by atoms with Gasteiger partial charge in [0.2, 0.25) is 0 Å². The Hall–Kier alpha value is -0.120. The Balaban J connectivity index is 2.10. The maximum Gasteiger partial charge on any atom is 0.0714 e. The molecule has 1 heterocycles. The van der Waals surface area contributed by atoms with Crippen LogP contribution >= 0.6 is 0 Å². The molecule has 2 unspecified atom stereocenters. The van der Waals surface area contributed by atoms with Crippen LogP contribution in [0.1, 0.15) is 26.7 Å².